The third-order valence-electron chi connectivity index (χ3n) is 2.24. The Bertz CT molecular complexity index is 565. The van der Waals surface area contributed by atoms with Crippen LogP contribution < -0.4 is 15.6 Å². The number of methoxy groups -OCH3 is 1. The standard InChI is InChI=1S/C11H12N4O2/c1-15-11(16)10(8(17-2)7-13-15)14-9-5-3-4-6-12-9/h3-7H,1-2H3,(H,12,14). The molecule has 0 radical (unpaired) electrons. The molecule has 0 amide bonds. The molecule has 88 valence electrons. The van der Waals surface area contributed by atoms with Crippen LogP contribution in [-0.2, 0) is 7.05 Å². The van der Waals surface area contributed by atoms with Crippen molar-refractivity contribution >= 4 is 11.5 Å². The van der Waals surface area contributed by atoms with E-state index in [9.17, 15) is 4.79 Å². The molecular weight excluding hydrogens is 220 g/mol. The fourth-order valence-electron chi connectivity index (χ4n) is 1.36. The zero-order chi connectivity index (χ0) is 12.3. The molecule has 2 rings (SSSR count). The molecule has 2 aromatic rings. The molecule has 0 atom stereocenters. The molecule has 0 spiro atoms. The highest BCUT2D eigenvalue weighted by molar-refractivity contribution is 5.61. The summed E-state index contributed by atoms with van der Waals surface area (Å²) in [5.41, 5.74) is 0.0544. The predicted octanol–water partition coefficient (Wildman–Crippen LogP) is 0.927. The number of hydrogen-bond donors (Lipinski definition) is 1. The van der Waals surface area contributed by atoms with Gasteiger partial charge in [0, 0.05) is 13.2 Å². The quantitative estimate of drug-likeness (QED) is 0.852. The van der Waals surface area contributed by atoms with Crippen molar-refractivity contribution in [3.05, 3.63) is 40.9 Å². The van der Waals surface area contributed by atoms with Crippen molar-refractivity contribution in [1.29, 1.82) is 0 Å². The lowest BCUT2D eigenvalue weighted by Crippen LogP contribution is -2.22. The number of ether oxygens (including phenoxy) is 1. The summed E-state index contributed by atoms with van der Waals surface area (Å²) in [5, 5.41) is 6.79. The maximum absolute atomic E-state index is 11.9. The fourth-order valence-corrected chi connectivity index (χ4v) is 1.36. The van der Waals surface area contributed by atoms with E-state index in [0.717, 1.165) is 0 Å². The van der Waals surface area contributed by atoms with E-state index < -0.39 is 0 Å². The Balaban J connectivity index is 2.45. The molecule has 0 aliphatic heterocycles. The Morgan fingerprint density at radius 1 is 1.41 bits per heavy atom. The third kappa shape index (κ3) is 2.25. The second kappa shape index (κ2) is 4.65. The summed E-state index contributed by atoms with van der Waals surface area (Å²) in [7, 11) is 3.06. The zero-order valence-corrected chi connectivity index (χ0v) is 9.54. The van der Waals surface area contributed by atoms with Gasteiger partial charge in [0.2, 0.25) is 0 Å². The largest absolute Gasteiger partial charge is 0.493 e. The predicted molar refractivity (Wildman–Crippen MR) is 63.5 cm³/mol. The van der Waals surface area contributed by atoms with Crippen molar-refractivity contribution < 1.29 is 4.74 Å². The number of nitrogens with zero attached hydrogens (tertiary/aromatic N) is 3. The molecule has 0 unspecified atom stereocenters. The number of aromatic nitrogens is 3. The molecule has 2 aromatic heterocycles. The highest BCUT2D eigenvalue weighted by atomic mass is 16.5. The van der Waals surface area contributed by atoms with Gasteiger partial charge < -0.3 is 10.1 Å². The van der Waals surface area contributed by atoms with Gasteiger partial charge in [0.15, 0.2) is 11.4 Å². The minimum Gasteiger partial charge on any atom is -0.493 e. The van der Waals surface area contributed by atoms with E-state index in [1.54, 1.807) is 25.4 Å². The first-order valence-corrected chi connectivity index (χ1v) is 5.00. The topological polar surface area (TPSA) is 69.0 Å². The summed E-state index contributed by atoms with van der Waals surface area (Å²) < 4.78 is 6.32. The second-order valence-corrected chi connectivity index (χ2v) is 3.36. The first-order chi connectivity index (χ1) is 8.22. The summed E-state index contributed by atoms with van der Waals surface area (Å²) in [5.74, 6) is 0.966. The minimum absolute atomic E-state index is 0.269. The Labute approximate surface area is 97.9 Å². The van der Waals surface area contributed by atoms with Gasteiger partial charge in [-0.1, -0.05) is 6.07 Å². The van der Waals surface area contributed by atoms with Crippen molar-refractivity contribution in [2.75, 3.05) is 12.4 Å². The van der Waals surface area contributed by atoms with Crippen LogP contribution in [-0.4, -0.2) is 21.9 Å². The monoisotopic (exact) mass is 232 g/mol. The van der Waals surface area contributed by atoms with Crippen LogP contribution in [0.25, 0.3) is 0 Å². The van der Waals surface area contributed by atoms with Gasteiger partial charge in [-0.25, -0.2) is 9.67 Å². The van der Waals surface area contributed by atoms with Crippen LogP contribution in [0.15, 0.2) is 35.4 Å². The van der Waals surface area contributed by atoms with E-state index in [1.165, 1.54) is 18.0 Å². The molecule has 1 N–H and O–H groups in total. The Morgan fingerprint density at radius 2 is 2.24 bits per heavy atom. The molecule has 0 aromatic carbocycles. The van der Waals surface area contributed by atoms with Crippen LogP contribution in [0.2, 0.25) is 0 Å². The highest BCUT2D eigenvalue weighted by Crippen LogP contribution is 2.20. The van der Waals surface area contributed by atoms with Gasteiger partial charge in [-0.05, 0) is 12.1 Å². The molecule has 6 heteroatoms. The van der Waals surface area contributed by atoms with Crippen LogP contribution >= 0.6 is 0 Å². The van der Waals surface area contributed by atoms with Crippen molar-refractivity contribution in [3.8, 4) is 5.75 Å². The molecule has 0 aliphatic carbocycles. The molecule has 2 heterocycles. The highest BCUT2D eigenvalue weighted by Gasteiger charge is 2.10. The van der Waals surface area contributed by atoms with Gasteiger partial charge >= 0.3 is 0 Å². The lowest BCUT2D eigenvalue weighted by atomic mass is 10.4. The number of rotatable bonds is 3. The van der Waals surface area contributed by atoms with E-state index in [0.29, 0.717) is 17.3 Å². The van der Waals surface area contributed by atoms with Crippen molar-refractivity contribution in [3.63, 3.8) is 0 Å². The van der Waals surface area contributed by atoms with Crippen LogP contribution in [0.5, 0.6) is 5.75 Å². The van der Waals surface area contributed by atoms with Gasteiger partial charge in [0.25, 0.3) is 5.56 Å². The van der Waals surface area contributed by atoms with Crippen molar-refractivity contribution in [1.82, 2.24) is 14.8 Å². The molecule has 0 saturated heterocycles. The number of nitrogens with one attached hydrogen (secondary N) is 1. The average molecular weight is 232 g/mol. The Morgan fingerprint density at radius 3 is 2.88 bits per heavy atom. The zero-order valence-electron chi connectivity index (χ0n) is 9.54. The summed E-state index contributed by atoms with van der Waals surface area (Å²) >= 11 is 0. The first-order valence-electron chi connectivity index (χ1n) is 5.00. The number of hydrogen-bond acceptors (Lipinski definition) is 5. The summed E-state index contributed by atoms with van der Waals surface area (Å²) in [4.78, 5) is 16.0. The van der Waals surface area contributed by atoms with Crippen LogP contribution in [0.3, 0.4) is 0 Å². The molecule has 0 bridgehead atoms. The molecule has 17 heavy (non-hydrogen) atoms. The van der Waals surface area contributed by atoms with E-state index in [1.807, 2.05) is 6.07 Å². The number of anilines is 2. The maximum atomic E-state index is 11.9. The van der Waals surface area contributed by atoms with E-state index in [2.05, 4.69) is 15.4 Å². The van der Waals surface area contributed by atoms with Gasteiger partial charge in [0.05, 0.1) is 13.3 Å². The average Bonchev–Trinajstić information content (AvgIpc) is 2.37. The lowest BCUT2D eigenvalue weighted by molar-refractivity contribution is 0.410. The Hall–Kier alpha value is -2.37. The van der Waals surface area contributed by atoms with E-state index in [4.69, 9.17) is 4.74 Å². The normalized spacial score (nSPS) is 10.0. The summed E-state index contributed by atoms with van der Waals surface area (Å²) in [6.45, 7) is 0. The number of aryl methyl sites for hydroxylation is 1. The molecule has 0 saturated carbocycles. The fraction of sp³-hybridized carbons (Fsp3) is 0.182. The smallest absolute Gasteiger partial charge is 0.294 e. The van der Waals surface area contributed by atoms with Crippen molar-refractivity contribution in [2.24, 2.45) is 7.05 Å². The number of pyridine rings is 1. The Kier molecular flexibility index (Phi) is 3.04. The van der Waals surface area contributed by atoms with Gasteiger partial charge in [-0.3, -0.25) is 4.79 Å². The second-order valence-electron chi connectivity index (χ2n) is 3.36. The maximum Gasteiger partial charge on any atom is 0.294 e. The first kappa shape index (κ1) is 11.1. The van der Waals surface area contributed by atoms with E-state index in [-0.39, 0.29) is 5.56 Å². The van der Waals surface area contributed by atoms with Crippen LogP contribution in [0, 0.1) is 0 Å². The minimum atomic E-state index is -0.269. The van der Waals surface area contributed by atoms with Crippen LogP contribution in [0.1, 0.15) is 0 Å². The van der Waals surface area contributed by atoms with Crippen LogP contribution in [0.4, 0.5) is 11.5 Å². The lowest BCUT2D eigenvalue weighted by Gasteiger charge is -2.09. The van der Waals surface area contributed by atoms with Gasteiger partial charge in [0.1, 0.15) is 5.82 Å². The van der Waals surface area contributed by atoms with Gasteiger partial charge in [-0.2, -0.15) is 5.10 Å². The SMILES string of the molecule is COc1cnn(C)c(=O)c1Nc1ccccn1. The van der Waals surface area contributed by atoms with Gasteiger partial charge in [-0.15, -0.1) is 0 Å². The van der Waals surface area contributed by atoms with Crippen molar-refractivity contribution in [2.45, 2.75) is 0 Å². The third-order valence-corrected chi connectivity index (χ3v) is 2.24. The summed E-state index contributed by atoms with van der Waals surface area (Å²) in [6.07, 6.45) is 3.12. The van der Waals surface area contributed by atoms with E-state index >= 15 is 0 Å². The molecule has 0 aliphatic rings. The molecule has 0 fully saturated rings. The molecule has 6 nitrogen and oxygen atoms in total. The molecular formula is C11H12N4O2. The summed E-state index contributed by atoms with van der Waals surface area (Å²) in [6, 6.07) is 5.39.